The van der Waals surface area contributed by atoms with E-state index in [2.05, 4.69) is 5.32 Å². The van der Waals surface area contributed by atoms with Gasteiger partial charge in [0.1, 0.15) is 5.75 Å². The van der Waals surface area contributed by atoms with Crippen LogP contribution in [0.1, 0.15) is 13.3 Å². The Balaban J connectivity index is 2.53. The van der Waals surface area contributed by atoms with Crippen molar-refractivity contribution in [3.8, 4) is 5.75 Å². The third-order valence-electron chi connectivity index (χ3n) is 2.12. The van der Waals surface area contributed by atoms with Crippen LogP contribution in [0.4, 0.5) is 0 Å². The van der Waals surface area contributed by atoms with Crippen LogP contribution in [0.3, 0.4) is 0 Å². The van der Waals surface area contributed by atoms with Crippen LogP contribution >= 0.6 is 0 Å². The van der Waals surface area contributed by atoms with Crippen molar-refractivity contribution in [1.29, 1.82) is 0 Å². The number of amides is 2. The molecule has 3 N–H and O–H groups in total. The molecule has 5 nitrogen and oxygen atoms in total. The van der Waals surface area contributed by atoms with E-state index in [1.54, 1.807) is 12.1 Å². The molecule has 2 amide bonds. The van der Waals surface area contributed by atoms with Crippen molar-refractivity contribution in [3.05, 3.63) is 30.3 Å². The Bertz CT molecular complexity index is 379. The van der Waals surface area contributed by atoms with Crippen LogP contribution in [0, 0.1) is 0 Å². The first-order valence-corrected chi connectivity index (χ1v) is 5.41. The second kappa shape index (κ2) is 6.52. The van der Waals surface area contributed by atoms with E-state index >= 15 is 0 Å². The Hall–Kier alpha value is -2.04. The van der Waals surface area contributed by atoms with Gasteiger partial charge in [-0.3, -0.25) is 9.59 Å². The molecular formula is C12H16N2O3. The van der Waals surface area contributed by atoms with Crippen LogP contribution in [0.25, 0.3) is 0 Å². The maximum Gasteiger partial charge on any atom is 0.261 e. The molecule has 0 bridgehead atoms. The molecule has 92 valence electrons. The number of carbonyl (C=O) groups is 2. The summed E-state index contributed by atoms with van der Waals surface area (Å²) in [6.45, 7) is 1.66. The van der Waals surface area contributed by atoms with Gasteiger partial charge in [-0.2, -0.15) is 0 Å². The van der Waals surface area contributed by atoms with E-state index in [4.69, 9.17) is 10.5 Å². The number of para-hydroxylation sites is 1. The Morgan fingerprint density at radius 3 is 2.53 bits per heavy atom. The molecule has 1 aromatic carbocycles. The largest absolute Gasteiger partial charge is 0.481 e. The highest BCUT2D eigenvalue weighted by atomic mass is 16.5. The van der Waals surface area contributed by atoms with Gasteiger partial charge in [-0.25, -0.2) is 0 Å². The zero-order chi connectivity index (χ0) is 12.7. The van der Waals surface area contributed by atoms with E-state index in [-0.39, 0.29) is 12.5 Å². The molecule has 0 saturated carbocycles. The predicted molar refractivity (Wildman–Crippen MR) is 63.4 cm³/mol. The molecule has 0 aliphatic heterocycles. The lowest BCUT2D eigenvalue weighted by Crippen LogP contribution is -2.41. The Labute approximate surface area is 99.9 Å². The smallest absolute Gasteiger partial charge is 0.261 e. The standard InChI is InChI=1S/C12H16N2O3/c1-2-10(12(16)14-8-11(13)15)17-9-6-4-3-5-7-9/h3-7,10H,2,8H2,1H3,(H2,13,15)(H,14,16). The number of hydrogen-bond acceptors (Lipinski definition) is 3. The van der Waals surface area contributed by atoms with Crippen LogP contribution in [-0.2, 0) is 9.59 Å². The minimum absolute atomic E-state index is 0.173. The van der Waals surface area contributed by atoms with E-state index in [0.717, 1.165) is 0 Å². The third-order valence-corrected chi connectivity index (χ3v) is 2.12. The molecule has 0 heterocycles. The van der Waals surface area contributed by atoms with Crippen LogP contribution in [0.5, 0.6) is 5.75 Å². The normalized spacial score (nSPS) is 11.6. The van der Waals surface area contributed by atoms with E-state index in [9.17, 15) is 9.59 Å². The maximum absolute atomic E-state index is 11.6. The minimum Gasteiger partial charge on any atom is -0.481 e. The molecule has 0 fully saturated rings. The molecule has 0 saturated heterocycles. The first kappa shape index (κ1) is 13.0. The molecule has 1 unspecified atom stereocenters. The minimum atomic E-state index is -0.614. The Morgan fingerprint density at radius 2 is 2.00 bits per heavy atom. The average Bonchev–Trinajstić information content (AvgIpc) is 2.34. The van der Waals surface area contributed by atoms with Crippen LogP contribution in [0.2, 0.25) is 0 Å². The zero-order valence-electron chi connectivity index (χ0n) is 9.68. The fourth-order valence-electron chi connectivity index (χ4n) is 1.27. The van der Waals surface area contributed by atoms with Crippen molar-refractivity contribution >= 4 is 11.8 Å². The summed E-state index contributed by atoms with van der Waals surface area (Å²) in [6, 6.07) is 9.04. The van der Waals surface area contributed by atoms with Crippen molar-refractivity contribution in [2.45, 2.75) is 19.4 Å². The van der Waals surface area contributed by atoms with Gasteiger partial charge in [0.25, 0.3) is 5.91 Å². The van der Waals surface area contributed by atoms with Crippen molar-refractivity contribution < 1.29 is 14.3 Å². The van der Waals surface area contributed by atoms with Gasteiger partial charge < -0.3 is 15.8 Å². The average molecular weight is 236 g/mol. The summed E-state index contributed by atoms with van der Waals surface area (Å²) >= 11 is 0. The van der Waals surface area contributed by atoms with Crippen LogP contribution < -0.4 is 15.8 Å². The van der Waals surface area contributed by atoms with E-state index < -0.39 is 12.0 Å². The zero-order valence-corrected chi connectivity index (χ0v) is 9.68. The molecule has 17 heavy (non-hydrogen) atoms. The molecule has 0 aliphatic rings. The molecule has 1 aromatic rings. The number of nitrogens with two attached hydrogens (primary N) is 1. The van der Waals surface area contributed by atoms with E-state index in [0.29, 0.717) is 12.2 Å². The van der Waals surface area contributed by atoms with Gasteiger partial charge in [-0.05, 0) is 18.6 Å². The van der Waals surface area contributed by atoms with Gasteiger partial charge in [0.05, 0.1) is 6.54 Å². The first-order chi connectivity index (χ1) is 8.13. The summed E-state index contributed by atoms with van der Waals surface area (Å²) in [6.07, 6.45) is -0.101. The van der Waals surface area contributed by atoms with Crippen molar-refractivity contribution in [1.82, 2.24) is 5.32 Å². The number of nitrogens with one attached hydrogen (secondary N) is 1. The Kier molecular flexibility index (Phi) is 5.00. The highest BCUT2D eigenvalue weighted by molar-refractivity contribution is 5.86. The quantitative estimate of drug-likeness (QED) is 0.752. The van der Waals surface area contributed by atoms with Crippen molar-refractivity contribution in [3.63, 3.8) is 0 Å². The van der Waals surface area contributed by atoms with Crippen LogP contribution in [-0.4, -0.2) is 24.5 Å². The molecule has 0 aliphatic carbocycles. The molecule has 5 heteroatoms. The molecule has 0 radical (unpaired) electrons. The Morgan fingerprint density at radius 1 is 1.35 bits per heavy atom. The summed E-state index contributed by atoms with van der Waals surface area (Å²) in [5, 5.41) is 2.41. The number of carbonyl (C=O) groups excluding carboxylic acids is 2. The highest BCUT2D eigenvalue weighted by Crippen LogP contribution is 2.12. The lowest BCUT2D eigenvalue weighted by atomic mass is 10.2. The summed E-state index contributed by atoms with van der Waals surface area (Å²) < 4.78 is 5.49. The van der Waals surface area contributed by atoms with Gasteiger partial charge in [0.15, 0.2) is 6.10 Å². The molecule has 0 aromatic heterocycles. The number of primary amides is 1. The molecular weight excluding hydrogens is 220 g/mol. The topological polar surface area (TPSA) is 81.4 Å². The summed E-state index contributed by atoms with van der Waals surface area (Å²) in [7, 11) is 0. The van der Waals surface area contributed by atoms with Gasteiger partial charge in [0, 0.05) is 0 Å². The first-order valence-electron chi connectivity index (χ1n) is 5.41. The van der Waals surface area contributed by atoms with Gasteiger partial charge in [0.2, 0.25) is 5.91 Å². The monoisotopic (exact) mass is 236 g/mol. The number of ether oxygens (including phenoxy) is 1. The molecule has 0 spiro atoms. The van der Waals surface area contributed by atoms with Crippen molar-refractivity contribution in [2.75, 3.05) is 6.54 Å². The number of hydrogen-bond donors (Lipinski definition) is 2. The lowest BCUT2D eigenvalue weighted by molar-refractivity contribution is -0.130. The molecule has 1 atom stereocenters. The van der Waals surface area contributed by atoms with E-state index in [1.165, 1.54) is 0 Å². The fourth-order valence-corrected chi connectivity index (χ4v) is 1.27. The SMILES string of the molecule is CCC(Oc1ccccc1)C(=O)NCC(N)=O. The number of rotatable bonds is 6. The van der Waals surface area contributed by atoms with E-state index in [1.807, 2.05) is 25.1 Å². The summed E-state index contributed by atoms with van der Waals surface area (Å²) in [4.78, 5) is 22.2. The summed E-state index contributed by atoms with van der Waals surface area (Å²) in [5.41, 5.74) is 4.94. The van der Waals surface area contributed by atoms with Crippen LogP contribution in [0.15, 0.2) is 30.3 Å². The highest BCUT2D eigenvalue weighted by Gasteiger charge is 2.18. The second-order valence-electron chi connectivity index (χ2n) is 3.51. The second-order valence-corrected chi connectivity index (χ2v) is 3.51. The van der Waals surface area contributed by atoms with Gasteiger partial charge in [-0.1, -0.05) is 25.1 Å². The molecule has 1 rings (SSSR count). The maximum atomic E-state index is 11.6. The van der Waals surface area contributed by atoms with Crippen molar-refractivity contribution in [2.24, 2.45) is 5.73 Å². The predicted octanol–water partition coefficient (Wildman–Crippen LogP) is 0.445. The summed E-state index contributed by atoms with van der Waals surface area (Å²) in [5.74, 6) is -0.295. The lowest BCUT2D eigenvalue weighted by Gasteiger charge is -2.16. The fraction of sp³-hybridized carbons (Fsp3) is 0.333. The van der Waals surface area contributed by atoms with Gasteiger partial charge in [-0.15, -0.1) is 0 Å². The third kappa shape index (κ3) is 4.55. The number of benzene rings is 1. The van der Waals surface area contributed by atoms with Gasteiger partial charge >= 0.3 is 0 Å².